The predicted molar refractivity (Wildman–Crippen MR) is 221 cm³/mol. The number of benzene rings is 8. The van der Waals surface area contributed by atoms with Gasteiger partial charge in [-0.05, 0) is 95.3 Å². The number of hydrogen-bond acceptors (Lipinski definition) is 1. The minimum absolute atomic E-state index is 1.10. The maximum atomic E-state index is 2.49. The molecule has 0 unspecified atom stereocenters. The second-order valence-corrected chi connectivity index (χ2v) is 13.5. The maximum absolute atomic E-state index is 2.49. The Morgan fingerprint density at radius 1 is 0.365 bits per heavy atom. The van der Waals surface area contributed by atoms with Crippen LogP contribution in [0.1, 0.15) is 11.1 Å². The van der Waals surface area contributed by atoms with Crippen molar-refractivity contribution < 1.29 is 0 Å². The van der Waals surface area contributed by atoms with Crippen molar-refractivity contribution in [1.29, 1.82) is 0 Å². The molecule has 0 spiro atoms. The van der Waals surface area contributed by atoms with E-state index in [4.69, 9.17) is 0 Å². The van der Waals surface area contributed by atoms with Crippen LogP contribution in [0.15, 0.2) is 194 Å². The van der Waals surface area contributed by atoms with Gasteiger partial charge in [-0.3, -0.25) is 0 Å². The summed E-state index contributed by atoms with van der Waals surface area (Å²) < 4.78 is 2.49. The molecule has 0 radical (unpaired) electrons. The van der Waals surface area contributed by atoms with E-state index in [0.717, 1.165) is 17.1 Å². The molecule has 9 aromatic rings. The minimum Gasteiger partial charge on any atom is -0.310 e. The van der Waals surface area contributed by atoms with Gasteiger partial charge in [0.2, 0.25) is 0 Å². The number of para-hydroxylation sites is 2. The van der Waals surface area contributed by atoms with Gasteiger partial charge in [-0.1, -0.05) is 152 Å². The Balaban J connectivity index is 1.29. The van der Waals surface area contributed by atoms with E-state index in [2.05, 4.69) is 217 Å². The third-order valence-electron chi connectivity index (χ3n) is 10.3. The molecule has 0 atom stereocenters. The Bertz CT molecular complexity index is 2590. The first-order valence-corrected chi connectivity index (χ1v) is 17.9. The van der Waals surface area contributed by atoms with Crippen LogP contribution in [0.3, 0.4) is 0 Å². The van der Waals surface area contributed by atoms with Crippen molar-refractivity contribution in [2.45, 2.75) is 13.8 Å². The van der Waals surface area contributed by atoms with E-state index in [9.17, 15) is 0 Å². The molecule has 9 rings (SSSR count). The van der Waals surface area contributed by atoms with Crippen molar-refractivity contribution in [1.82, 2.24) is 4.57 Å². The molecule has 0 aliphatic rings. The summed E-state index contributed by atoms with van der Waals surface area (Å²) >= 11 is 0. The molecule has 0 N–H and O–H groups in total. The summed E-state index contributed by atoms with van der Waals surface area (Å²) in [5.74, 6) is 0. The number of nitrogens with zero attached hydrogens (tertiary/aromatic N) is 2. The molecule has 0 saturated carbocycles. The molecule has 2 nitrogen and oxygen atoms in total. The zero-order valence-corrected chi connectivity index (χ0v) is 29.4. The topological polar surface area (TPSA) is 8.17 Å². The van der Waals surface area contributed by atoms with Crippen molar-refractivity contribution in [2.75, 3.05) is 4.90 Å². The van der Waals surface area contributed by atoms with Crippen molar-refractivity contribution in [3.05, 3.63) is 205 Å². The average molecular weight is 667 g/mol. The van der Waals surface area contributed by atoms with E-state index in [1.807, 2.05) is 0 Å². The lowest BCUT2D eigenvalue weighted by molar-refractivity contribution is 1.15. The minimum atomic E-state index is 1.10. The second-order valence-electron chi connectivity index (χ2n) is 13.5. The fourth-order valence-corrected chi connectivity index (χ4v) is 7.77. The van der Waals surface area contributed by atoms with E-state index in [-0.39, 0.29) is 0 Å². The lowest BCUT2D eigenvalue weighted by atomic mass is 9.96. The summed E-state index contributed by atoms with van der Waals surface area (Å²) in [6, 6.07) is 70.2. The van der Waals surface area contributed by atoms with Gasteiger partial charge in [0.15, 0.2) is 0 Å². The zero-order chi connectivity index (χ0) is 35.0. The smallest absolute Gasteiger partial charge is 0.0569 e. The third kappa shape index (κ3) is 5.46. The molecule has 52 heavy (non-hydrogen) atoms. The molecule has 248 valence electrons. The summed E-state index contributed by atoms with van der Waals surface area (Å²) in [5.41, 5.74) is 16.7. The van der Waals surface area contributed by atoms with Crippen LogP contribution in [0.4, 0.5) is 17.1 Å². The summed E-state index contributed by atoms with van der Waals surface area (Å²) in [6.45, 7) is 4.44. The molecule has 1 aromatic heterocycles. The first-order valence-electron chi connectivity index (χ1n) is 17.9. The summed E-state index contributed by atoms with van der Waals surface area (Å²) in [5, 5.41) is 2.44. The van der Waals surface area contributed by atoms with Crippen molar-refractivity contribution in [3.8, 4) is 39.1 Å². The van der Waals surface area contributed by atoms with E-state index >= 15 is 0 Å². The van der Waals surface area contributed by atoms with E-state index in [0.29, 0.717) is 0 Å². The molecular formula is C50H38N2. The zero-order valence-electron chi connectivity index (χ0n) is 29.4. The van der Waals surface area contributed by atoms with Crippen LogP contribution in [0.5, 0.6) is 0 Å². The van der Waals surface area contributed by atoms with E-state index < -0.39 is 0 Å². The van der Waals surface area contributed by atoms with E-state index in [1.165, 1.54) is 72.0 Å². The van der Waals surface area contributed by atoms with Crippen LogP contribution in [0, 0.1) is 13.8 Å². The van der Waals surface area contributed by atoms with Gasteiger partial charge in [-0.25, -0.2) is 0 Å². The van der Waals surface area contributed by atoms with Gasteiger partial charge in [-0.2, -0.15) is 0 Å². The Labute approximate surface area is 305 Å². The number of aromatic nitrogens is 1. The normalized spacial score (nSPS) is 11.3. The number of aryl methyl sites for hydroxylation is 2. The Hall–Kier alpha value is -6.64. The molecule has 0 saturated heterocycles. The highest BCUT2D eigenvalue weighted by Crippen LogP contribution is 2.46. The summed E-state index contributed by atoms with van der Waals surface area (Å²) in [6.07, 6.45) is 0. The molecule has 2 heteroatoms. The fraction of sp³-hybridized carbons (Fsp3) is 0.0400. The van der Waals surface area contributed by atoms with Crippen molar-refractivity contribution in [3.63, 3.8) is 0 Å². The third-order valence-corrected chi connectivity index (χ3v) is 10.3. The van der Waals surface area contributed by atoms with Gasteiger partial charge in [0.1, 0.15) is 0 Å². The lowest BCUT2D eigenvalue weighted by Gasteiger charge is -2.27. The monoisotopic (exact) mass is 666 g/mol. The van der Waals surface area contributed by atoms with Crippen LogP contribution in [-0.4, -0.2) is 4.57 Å². The van der Waals surface area contributed by atoms with E-state index in [1.54, 1.807) is 0 Å². The fourth-order valence-electron chi connectivity index (χ4n) is 7.77. The van der Waals surface area contributed by atoms with Gasteiger partial charge in [0.05, 0.1) is 22.4 Å². The van der Waals surface area contributed by atoms with Crippen LogP contribution in [0.2, 0.25) is 0 Å². The number of anilines is 3. The highest BCUT2D eigenvalue weighted by molar-refractivity contribution is 6.17. The van der Waals surface area contributed by atoms with Gasteiger partial charge in [0.25, 0.3) is 0 Å². The second kappa shape index (κ2) is 13.2. The highest BCUT2D eigenvalue weighted by atomic mass is 15.1. The molecular weight excluding hydrogens is 629 g/mol. The SMILES string of the molecule is Cc1ccccc1-c1cccc(C)c1-n1c2ccccc2c2c(N(c3ccc(-c4ccccc4)cc3)c3ccc(-c4ccccc4)cc3)cccc21. The largest absolute Gasteiger partial charge is 0.310 e. The molecule has 0 bridgehead atoms. The van der Waals surface area contributed by atoms with Crippen molar-refractivity contribution in [2.24, 2.45) is 0 Å². The molecule has 0 aliphatic heterocycles. The molecule has 0 amide bonds. The lowest BCUT2D eigenvalue weighted by Crippen LogP contribution is -2.10. The van der Waals surface area contributed by atoms with Crippen molar-refractivity contribution >= 4 is 38.9 Å². The van der Waals surface area contributed by atoms with Gasteiger partial charge >= 0.3 is 0 Å². The number of rotatable bonds is 7. The summed E-state index contributed by atoms with van der Waals surface area (Å²) in [4.78, 5) is 2.42. The predicted octanol–water partition coefficient (Wildman–Crippen LogP) is 13.9. The highest BCUT2D eigenvalue weighted by Gasteiger charge is 2.23. The summed E-state index contributed by atoms with van der Waals surface area (Å²) in [7, 11) is 0. The van der Waals surface area contributed by atoms with Gasteiger partial charge in [-0.15, -0.1) is 0 Å². The number of hydrogen-bond donors (Lipinski definition) is 0. The van der Waals surface area contributed by atoms with Crippen LogP contribution >= 0.6 is 0 Å². The average Bonchev–Trinajstić information content (AvgIpc) is 3.54. The quantitative estimate of drug-likeness (QED) is 0.164. The van der Waals surface area contributed by atoms with Gasteiger partial charge in [0, 0.05) is 27.7 Å². The standard InChI is InChI=1S/C50H38N2/c1-35-15-9-10-21-43(35)44-23-13-16-36(2)50(44)52-46-24-12-11-22-45(46)49-47(25-14-26-48(49)52)51(41-31-27-39(28-32-41)37-17-5-3-6-18-37)42-33-29-40(30-34-42)38-19-7-4-8-20-38/h3-34H,1-2H3. The molecule has 0 aliphatic carbocycles. The molecule has 1 heterocycles. The Morgan fingerprint density at radius 2 is 0.846 bits per heavy atom. The van der Waals surface area contributed by atoms with Gasteiger partial charge < -0.3 is 9.47 Å². The van der Waals surface area contributed by atoms with Crippen LogP contribution in [0.25, 0.3) is 60.9 Å². The Morgan fingerprint density at radius 3 is 1.48 bits per heavy atom. The van der Waals surface area contributed by atoms with Crippen LogP contribution in [-0.2, 0) is 0 Å². The maximum Gasteiger partial charge on any atom is 0.0569 e. The number of fused-ring (bicyclic) bond motifs is 3. The Kier molecular flexibility index (Phi) is 7.98. The molecule has 0 fully saturated rings. The first-order chi connectivity index (χ1) is 25.7. The molecule has 8 aromatic carbocycles. The first kappa shape index (κ1) is 31.3. The van der Waals surface area contributed by atoms with Crippen LogP contribution < -0.4 is 4.90 Å².